The van der Waals surface area contributed by atoms with Crippen LogP contribution >= 0.6 is 0 Å². The Morgan fingerprint density at radius 3 is 2.24 bits per heavy atom. The molecule has 0 aliphatic heterocycles. The van der Waals surface area contributed by atoms with Gasteiger partial charge in [0, 0.05) is 5.56 Å². The standard InChI is InChI=1S/C20H18O4S/c1-24-19-12-11-16(15-7-3-2-4-8-15)13-17(19)14-25(22,23)20-10-6-5-9-18(20)21/h2-13,21H,14H2,1H3. The predicted molar refractivity (Wildman–Crippen MR) is 97.4 cm³/mol. The molecule has 4 nitrogen and oxygen atoms in total. The van der Waals surface area contributed by atoms with Crippen molar-refractivity contribution in [3.63, 3.8) is 0 Å². The van der Waals surface area contributed by atoms with Crippen molar-refractivity contribution in [3.05, 3.63) is 78.4 Å². The number of rotatable bonds is 5. The molecule has 0 atom stereocenters. The van der Waals surface area contributed by atoms with Crippen molar-refractivity contribution in [2.45, 2.75) is 10.6 Å². The van der Waals surface area contributed by atoms with Crippen molar-refractivity contribution in [3.8, 4) is 22.6 Å². The van der Waals surface area contributed by atoms with Crippen LogP contribution < -0.4 is 4.74 Å². The molecule has 128 valence electrons. The Bertz CT molecular complexity index is 980. The zero-order valence-corrected chi connectivity index (χ0v) is 14.5. The number of sulfone groups is 1. The van der Waals surface area contributed by atoms with Gasteiger partial charge in [-0.1, -0.05) is 48.5 Å². The molecule has 0 aliphatic carbocycles. The van der Waals surface area contributed by atoms with Gasteiger partial charge >= 0.3 is 0 Å². The summed E-state index contributed by atoms with van der Waals surface area (Å²) in [5.74, 6) is -0.00613. The molecule has 0 bridgehead atoms. The van der Waals surface area contributed by atoms with Gasteiger partial charge in [0.05, 0.1) is 12.9 Å². The first-order chi connectivity index (χ1) is 12.0. The number of methoxy groups -OCH3 is 1. The number of benzene rings is 3. The second-order valence-corrected chi connectivity index (χ2v) is 7.58. The third kappa shape index (κ3) is 3.67. The molecule has 0 heterocycles. The lowest BCUT2D eigenvalue weighted by molar-refractivity contribution is 0.411. The molecular weight excluding hydrogens is 336 g/mol. The van der Waals surface area contributed by atoms with Gasteiger partial charge in [-0.3, -0.25) is 0 Å². The summed E-state index contributed by atoms with van der Waals surface area (Å²) in [6, 6.07) is 21.1. The molecule has 0 unspecified atom stereocenters. The minimum Gasteiger partial charge on any atom is -0.507 e. The fraction of sp³-hybridized carbons (Fsp3) is 0.100. The molecule has 3 aromatic carbocycles. The van der Waals surface area contributed by atoms with Crippen molar-refractivity contribution < 1.29 is 18.3 Å². The monoisotopic (exact) mass is 354 g/mol. The van der Waals surface area contributed by atoms with Gasteiger partial charge in [0.15, 0.2) is 9.84 Å². The van der Waals surface area contributed by atoms with E-state index < -0.39 is 9.84 Å². The molecule has 3 aromatic rings. The van der Waals surface area contributed by atoms with Crippen molar-refractivity contribution in [2.75, 3.05) is 7.11 Å². The predicted octanol–water partition coefficient (Wildman–Crippen LogP) is 4.04. The molecule has 0 saturated heterocycles. The van der Waals surface area contributed by atoms with Gasteiger partial charge in [-0.15, -0.1) is 0 Å². The maximum absolute atomic E-state index is 12.7. The fourth-order valence-electron chi connectivity index (χ4n) is 2.70. The summed E-state index contributed by atoms with van der Waals surface area (Å²) in [6.45, 7) is 0. The van der Waals surface area contributed by atoms with Crippen molar-refractivity contribution in [1.82, 2.24) is 0 Å². The van der Waals surface area contributed by atoms with Crippen molar-refractivity contribution >= 4 is 9.84 Å². The highest BCUT2D eigenvalue weighted by molar-refractivity contribution is 7.90. The summed E-state index contributed by atoms with van der Waals surface area (Å²) in [5, 5.41) is 9.87. The van der Waals surface area contributed by atoms with Gasteiger partial charge < -0.3 is 9.84 Å². The average Bonchev–Trinajstić information content (AvgIpc) is 2.62. The van der Waals surface area contributed by atoms with E-state index in [1.807, 2.05) is 42.5 Å². The number of para-hydroxylation sites is 1. The Balaban J connectivity index is 2.03. The molecule has 0 fully saturated rings. The summed E-state index contributed by atoms with van der Waals surface area (Å²) in [5.41, 5.74) is 2.45. The lowest BCUT2D eigenvalue weighted by atomic mass is 10.0. The topological polar surface area (TPSA) is 63.6 Å². The third-order valence-corrected chi connectivity index (χ3v) is 5.64. The average molecular weight is 354 g/mol. The first kappa shape index (κ1) is 17.0. The van der Waals surface area contributed by atoms with E-state index in [0.29, 0.717) is 11.3 Å². The Morgan fingerprint density at radius 2 is 1.56 bits per heavy atom. The van der Waals surface area contributed by atoms with Crippen LogP contribution in [0.15, 0.2) is 77.7 Å². The number of phenolic OH excluding ortho intramolecular Hbond substituents is 1. The van der Waals surface area contributed by atoms with Crippen LogP contribution in [0.2, 0.25) is 0 Å². The summed E-state index contributed by atoms with van der Waals surface area (Å²) < 4.78 is 30.8. The lowest BCUT2D eigenvalue weighted by Crippen LogP contribution is -2.06. The molecule has 5 heteroatoms. The molecule has 1 N–H and O–H groups in total. The molecule has 0 saturated carbocycles. The summed E-state index contributed by atoms with van der Waals surface area (Å²) >= 11 is 0. The molecule has 0 radical (unpaired) electrons. The van der Waals surface area contributed by atoms with E-state index in [0.717, 1.165) is 11.1 Å². The largest absolute Gasteiger partial charge is 0.507 e. The molecule has 3 rings (SSSR count). The van der Waals surface area contributed by atoms with Crippen LogP contribution in [0.1, 0.15) is 5.56 Å². The van der Waals surface area contributed by atoms with Crippen molar-refractivity contribution in [2.24, 2.45) is 0 Å². The highest BCUT2D eigenvalue weighted by atomic mass is 32.2. The molecule has 0 spiro atoms. The normalized spacial score (nSPS) is 11.2. The van der Waals surface area contributed by atoms with Gasteiger partial charge in [0.1, 0.15) is 16.4 Å². The Hall–Kier alpha value is -2.79. The van der Waals surface area contributed by atoms with Gasteiger partial charge in [0.2, 0.25) is 0 Å². The Kier molecular flexibility index (Phi) is 4.76. The maximum Gasteiger partial charge on any atom is 0.186 e. The van der Waals surface area contributed by atoms with Gasteiger partial charge in [-0.25, -0.2) is 8.42 Å². The molecule has 0 aromatic heterocycles. The van der Waals surface area contributed by atoms with Gasteiger partial charge in [-0.2, -0.15) is 0 Å². The molecule has 25 heavy (non-hydrogen) atoms. The van der Waals surface area contributed by atoms with E-state index in [9.17, 15) is 13.5 Å². The lowest BCUT2D eigenvalue weighted by Gasteiger charge is -2.12. The number of hydrogen-bond acceptors (Lipinski definition) is 4. The first-order valence-corrected chi connectivity index (χ1v) is 9.39. The first-order valence-electron chi connectivity index (χ1n) is 7.74. The Morgan fingerprint density at radius 1 is 0.880 bits per heavy atom. The van der Waals surface area contributed by atoms with Gasteiger partial charge in [0.25, 0.3) is 0 Å². The van der Waals surface area contributed by atoms with Crippen molar-refractivity contribution in [1.29, 1.82) is 0 Å². The third-order valence-electron chi connectivity index (χ3n) is 3.93. The van der Waals surface area contributed by atoms with E-state index in [-0.39, 0.29) is 16.4 Å². The highest BCUT2D eigenvalue weighted by Gasteiger charge is 2.21. The summed E-state index contributed by atoms with van der Waals surface area (Å²) in [4.78, 5) is -0.0813. The van der Waals surface area contributed by atoms with Crippen LogP contribution in [-0.4, -0.2) is 20.6 Å². The smallest absolute Gasteiger partial charge is 0.186 e. The number of aromatic hydroxyl groups is 1. The summed E-state index contributed by atoms with van der Waals surface area (Å²) in [6.07, 6.45) is 0. The van der Waals surface area contributed by atoms with Crippen LogP contribution in [0.5, 0.6) is 11.5 Å². The van der Waals surface area contributed by atoms with Crippen LogP contribution in [0, 0.1) is 0 Å². The molecular formula is C20H18O4S. The SMILES string of the molecule is COc1ccc(-c2ccccc2)cc1CS(=O)(=O)c1ccccc1O. The molecule has 0 amide bonds. The van der Waals surface area contributed by atoms with Crippen LogP contribution in [0.3, 0.4) is 0 Å². The highest BCUT2D eigenvalue weighted by Crippen LogP contribution is 2.31. The zero-order valence-electron chi connectivity index (χ0n) is 13.7. The minimum atomic E-state index is -3.71. The Labute approximate surface area is 147 Å². The van der Waals surface area contributed by atoms with E-state index in [1.165, 1.54) is 19.2 Å². The number of hydrogen-bond donors (Lipinski definition) is 1. The molecule has 0 aliphatic rings. The summed E-state index contributed by atoms with van der Waals surface area (Å²) in [7, 11) is -2.20. The van der Waals surface area contributed by atoms with Crippen LogP contribution in [-0.2, 0) is 15.6 Å². The second kappa shape index (κ2) is 6.99. The fourth-order valence-corrected chi connectivity index (χ4v) is 4.17. The maximum atomic E-state index is 12.7. The van der Waals surface area contributed by atoms with Crippen LogP contribution in [0.25, 0.3) is 11.1 Å². The minimum absolute atomic E-state index is 0.0813. The van der Waals surface area contributed by atoms with E-state index in [4.69, 9.17) is 4.74 Å². The van der Waals surface area contributed by atoms with E-state index in [1.54, 1.807) is 18.2 Å². The van der Waals surface area contributed by atoms with Gasteiger partial charge in [-0.05, 0) is 35.4 Å². The van der Waals surface area contributed by atoms with E-state index >= 15 is 0 Å². The quantitative estimate of drug-likeness (QED) is 0.751. The number of phenols is 1. The van der Waals surface area contributed by atoms with Crippen LogP contribution in [0.4, 0.5) is 0 Å². The zero-order chi connectivity index (χ0) is 17.9. The van der Waals surface area contributed by atoms with E-state index in [2.05, 4.69) is 0 Å². The second-order valence-electron chi connectivity index (χ2n) is 5.62. The number of ether oxygens (including phenoxy) is 1.